The summed E-state index contributed by atoms with van der Waals surface area (Å²) < 4.78 is 24.2. The lowest BCUT2D eigenvalue weighted by molar-refractivity contribution is -0.122. The summed E-state index contributed by atoms with van der Waals surface area (Å²) in [7, 11) is 0. The van der Waals surface area contributed by atoms with E-state index in [1.54, 1.807) is 6.07 Å². The highest BCUT2D eigenvalue weighted by Crippen LogP contribution is 2.32. The standard InChI is InChI=1S/C19H24FN3O3/c1-2-5-17-22-19(26-23-17)8-3-7-18(24)21-15-6-4-11-25-16-12-13(20)9-10-14(15)16/h9-10,12,15H,2-8,11H2,1H3,(H,21,24). The van der Waals surface area contributed by atoms with Gasteiger partial charge < -0.3 is 14.6 Å². The van der Waals surface area contributed by atoms with Crippen LogP contribution in [0.5, 0.6) is 5.75 Å². The third-order valence-corrected chi connectivity index (χ3v) is 4.36. The Labute approximate surface area is 152 Å². The molecule has 0 fully saturated rings. The van der Waals surface area contributed by atoms with Gasteiger partial charge in [0, 0.05) is 30.9 Å². The summed E-state index contributed by atoms with van der Waals surface area (Å²) in [5, 5.41) is 6.95. The monoisotopic (exact) mass is 361 g/mol. The Hall–Kier alpha value is -2.44. The molecule has 0 spiro atoms. The number of nitrogens with zero attached hydrogens (tertiary/aromatic N) is 2. The first-order valence-corrected chi connectivity index (χ1v) is 9.18. The number of aryl methyl sites for hydroxylation is 2. The Morgan fingerprint density at radius 2 is 2.27 bits per heavy atom. The van der Waals surface area contributed by atoms with Crippen molar-refractivity contribution >= 4 is 5.91 Å². The number of amides is 1. The Bertz CT molecular complexity index is 747. The van der Waals surface area contributed by atoms with E-state index in [9.17, 15) is 9.18 Å². The average molecular weight is 361 g/mol. The fourth-order valence-electron chi connectivity index (χ4n) is 3.08. The lowest BCUT2D eigenvalue weighted by Gasteiger charge is -2.18. The lowest BCUT2D eigenvalue weighted by atomic mass is 10.0. The molecule has 26 heavy (non-hydrogen) atoms. The molecule has 0 bridgehead atoms. The molecule has 1 unspecified atom stereocenters. The number of hydrogen-bond donors (Lipinski definition) is 1. The zero-order valence-electron chi connectivity index (χ0n) is 15.0. The second-order valence-corrected chi connectivity index (χ2v) is 6.50. The quantitative estimate of drug-likeness (QED) is 0.816. The van der Waals surface area contributed by atoms with E-state index < -0.39 is 0 Å². The largest absolute Gasteiger partial charge is 0.493 e. The van der Waals surface area contributed by atoms with Crippen LogP contribution >= 0.6 is 0 Å². The summed E-state index contributed by atoms with van der Waals surface area (Å²) in [5.74, 6) is 1.43. The van der Waals surface area contributed by atoms with Crippen molar-refractivity contribution in [2.24, 2.45) is 0 Å². The fourth-order valence-corrected chi connectivity index (χ4v) is 3.08. The number of aromatic nitrogens is 2. The van der Waals surface area contributed by atoms with E-state index in [-0.39, 0.29) is 17.8 Å². The van der Waals surface area contributed by atoms with Crippen molar-refractivity contribution in [1.29, 1.82) is 0 Å². The second kappa shape index (κ2) is 8.78. The third-order valence-electron chi connectivity index (χ3n) is 4.36. The maximum atomic E-state index is 13.4. The molecular weight excluding hydrogens is 337 g/mol. The maximum absolute atomic E-state index is 13.4. The van der Waals surface area contributed by atoms with Gasteiger partial charge in [-0.25, -0.2) is 4.39 Å². The van der Waals surface area contributed by atoms with E-state index in [4.69, 9.17) is 9.26 Å². The molecule has 0 aliphatic carbocycles. The molecule has 1 atom stereocenters. The van der Waals surface area contributed by atoms with Gasteiger partial charge in [0.2, 0.25) is 11.8 Å². The Morgan fingerprint density at radius 1 is 1.38 bits per heavy atom. The predicted molar refractivity (Wildman–Crippen MR) is 93.2 cm³/mol. The van der Waals surface area contributed by atoms with Gasteiger partial charge in [0.1, 0.15) is 11.6 Å². The molecule has 1 aromatic carbocycles. The van der Waals surface area contributed by atoms with E-state index in [2.05, 4.69) is 22.4 Å². The predicted octanol–water partition coefficient (Wildman–Crippen LogP) is 3.51. The number of nitrogens with one attached hydrogen (secondary N) is 1. The van der Waals surface area contributed by atoms with Gasteiger partial charge in [-0.2, -0.15) is 4.98 Å². The van der Waals surface area contributed by atoms with Gasteiger partial charge in [0.15, 0.2) is 5.82 Å². The Morgan fingerprint density at radius 3 is 3.12 bits per heavy atom. The van der Waals surface area contributed by atoms with E-state index in [1.165, 1.54) is 12.1 Å². The number of carbonyl (C=O) groups is 1. The van der Waals surface area contributed by atoms with Crippen molar-refractivity contribution in [3.05, 3.63) is 41.3 Å². The van der Waals surface area contributed by atoms with Gasteiger partial charge in [-0.1, -0.05) is 18.1 Å². The number of hydrogen-bond acceptors (Lipinski definition) is 5. The summed E-state index contributed by atoms with van der Waals surface area (Å²) in [4.78, 5) is 16.6. The van der Waals surface area contributed by atoms with Crippen molar-refractivity contribution in [2.75, 3.05) is 6.61 Å². The smallest absolute Gasteiger partial charge is 0.226 e. The van der Waals surface area contributed by atoms with Crippen LogP contribution in [0.25, 0.3) is 0 Å². The molecule has 1 N–H and O–H groups in total. The van der Waals surface area contributed by atoms with Crippen molar-refractivity contribution in [2.45, 2.75) is 57.9 Å². The fraction of sp³-hybridized carbons (Fsp3) is 0.526. The van der Waals surface area contributed by atoms with E-state index in [0.717, 1.165) is 31.2 Å². The lowest BCUT2D eigenvalue weighted by Crippen LogP contribution is -2.28. The number of carbonyl (C=O) groups excluding carboxylic acids is 1. The molecule has 140 valence electrons. The minimum absolute atomic E-state index is 0.0412. The molecule has 2 heterocycles. The van der Waals surface area contributed by atoms with Gasteiger partial charge in [-0.15, -0.1) is 0 Å². The molecule has 0 saturated carbocycles. The van der Waals surface area contributed by atoms with Gasteiger partial charge in [-0.05, 0) is 31.7 Å². The van der Waals surface area contributed by atoms with Crippen LogP contribution < -0.4 is 10.1 Å². The number of ether oxygens (including phenoxy) is 1. The first-order valence-electron chi connectivity index (χ1n) is 9.18. The molecule has 1 aromatic heterocycles. The average Bonchev–Trinajstić information content (AvgIpc) is 2.96. The van der Waals surface area contributed by atoms with Crippen LogP contribution in [0.3, 0.4) is 0 Å². The summed E-state index contributed by atoms with van der Waals surface area (Å²) in [5.41, 5.74) is 0.832. The molecule has 2 aromatic rings. The summed E-state index contributed by atoms with van der Waals surface area (Å²) in [6.07, 6.45) is 4.95. The molecule has 1 aliphatic heterocycles. The Kier molecular flexibility index (Phi) is 6.20. The van der Waals surface area contributed by atoms with Crippen LogP contribution in [-0.2, 0) is 17.6 Å². The molecule has 0 saturated heterocycles. The van der Waals surface area contributed by atoms with Gasteiger partial charge in [-0.3, -0.25) is 4.79 Å². The highest BCUT2D eigenvalue weighted by molar-refractivity contribution is 5.76. The van der Waals surface area contributed by atoms with Crippen molar-refractivity contribution in [3.63, 3.8) is 0 Å². The minimum Gasteiger partial charge on any atom is -0.493 e. The van der Waals surface area contributed by atoms with Crippen LogP contribution in [0.15, 0.2) is 22.7 Å². The second-order valence-electron chi connectivity index (χ2n) is 6.50. The van der Waals surface area contributed by atoms with Crippen molar-refractivity contribution < 1.29 is 18.4 Å². The number of benzene rings is 1. The SMILES string of the molecule is CCCc1noc(CCCC(=O)NC2CCCOc3cc(F)ccc32)n1. The highest BCUT2D eigenvalue weighted by Gasteiger charge is 2.22. The van der Waals surface area contributed by atoms with Gasteiger partial charge >= 0.3 is 0 Å². The normalized spacial score (nSPS) is 16.5. The van der Waals surface area contributed by atoms with Crippen LogP contribution in [0, 0.1) is 5.82 Å². The number of fused-ring (bicyclic) bond motifs is 1. The molecule has 0 radical (unpaired) electrons. The zero-order chi connectivity index (χ0) is 18.4. The van der Waals surface area contributed by atoms with Crippen LogP contribution in [0.1, 0.15) is 62.3 Å². The third kappa shape index (κ3) is 4.80. The van der Waals surface area contributed by atoms with Crippen LogP contribution in [0.2, 0.25) is 0 Å². The first kappa shape index (κ1) is 18.4. The molecule has 3 rings (SSSR count). The minimum atomic E-state index is -0.335. The molecule has 1 amide bonds. The Balaban J connectivity index is 1.51. The topological polar surface area (TPSA) is 77.2 Å². The molecule has 7 heteroatoms. The number of rotatable bonds is 7. The maximum Gasteiger partial charge on any atom is 0.226 e. The molecule has 1 aliphatic rings. The summed E-state index contributed by atoms with van der Waals surface area (Å²) >= 11 is 0. The van der Waals surface area contributed by atoms with Gasteiger partial charge in [0.05, 0.1) is 12.6 Å². The van der Waals surface area contributed by atoms with Crippen LogP contribution in [0.4, 0.5) is 4.39 Å². The van der Waals surface area contributed by atoms with E-state index >= 15 is 0 Å². The molecular formula is C19H24FN3O3. The molecule has 6 nitrogen and oxygen atoms in total. The number of halogens is 1. The highest BCUT2D eigenvalue weighted by atomic mass is 19.1. The van der Waals surface area contributed by atoms with E-state index in [1.807, 2.05) is 0 Å². The van der Waals surface area contributed by atoms with Crippen molar-refractivity contribution in [3.8, 4) is 5.75 Å². The summed E-state index contributed by atoms with van der Waals surface area (Å²) in [6, 6.07) is 4.31. The van der Waals surface area contributed by atoms with Crippen LogP contribution in [-0.4, -0.2) is 22.7 Å². The van der Waals surface area contributed by atoms with E-state index in [0.29, 0.717) is 43.3 Å². The zero-order valence-corrected chi connectivity index (χ0v) is 15.0. The summed E-state index contributed by atoms with van der Waals surface area (Å²) in [6.45, 7) is 2.59. The van der Waals surface area contributed by atoms with Gasteiger partial charge in [0.25, 0.3) is 0 Å². The van der Waals surface area contributed by atoms with Crippen molar-refractivity contribution in [1.82, 2.24) is 15.5 Å². The first-order chi connectivity index (χ1) is 12.7.